The minimum atomic E-state index is 0.785. The number of anilines is 1. The van der Waals surface area contributed by atoms with Gasteiger partial charge in [-0.1, -0.05) is 35.9 Å². The number of hydrogen-bond donors (Lipinski definition) is 1. The third-order valence-corrected chi connectivity index (χ3v) is 3.43. The molecule has 3 rings (SSSR count). The molecular weight excluding hydrogens is 234 g/mol. The first-order valence-corrected chi connectivity index (χ1v) is 6.52. The van der Waals surface area contributed by atoms with Gasteiger partial charge in [0.1, 0.15) is 5.69 Å². The Labute approximate surface area is 112 Å². The fourth-order valence-corrected chi connectivity index (χ4v) is 2.41. The van der Waals surface area contributed by atoms with E-state index in [0.29, 0.717) is 0 Å². The predicted octanol–water partition coefficient (Wildman–Crippen LogP) is 3.61. The largest absolute Gasteiger partial charge is 0.398 e. The molecule has 1 heterocycles. The van der Waals surface area contributed by atoms with Gasteiger partial charge in [0.25, 0.3) is 0 Å². The summed E-state index contributed by atoms with van der Waals surface area (Å²) < 4.78 is 2.00. The number of nitrogens with two attached hydrogens (primary N) is 1. The van der Waals surface area contributed by atoms with E-state index in [0.717, 1.165) is 34.4 Å². The van der Waals surface area contributed by atoms with Crippen molar-refractivity contribution in [2.24, 2.45) is 0 Å². The summed E-state index contributed by atoms with van der Waals surface area (Å²) in [5, 5.41) is 5.75. The molecule has 0 saturated carbocycles. The van der Waals surface area contributed by atoms with E-state index >= 15 is 0 Å². The Hall–Kier alpha value is -2.29. The fraction of sp³-hybridized carbons (Fsp3) is 0.188. The van der Waals surface area contributed by atoms with Gasteiger partial charge in [-0.05, 0) is 26.0 Å². The van der Waals surface area contributed by atoms with E-state index in [2.05, 4.69) is 44.2 Å². The van der Waals surface area contributed by atoms with Crippen LogP contribution >= 0.6 is 0 Å². The predicted molar refractivity (Wildman–Crippen MR) is 80.0 cm³/mol. The number of fused-ring (bicyclic) bond motifs is 1. The maximum Gasteiger partial charge on any atom is 0.102 e. The molecular formula is C16H17N3. The van der Waals surface area contributed by atoms with E-state index < -0.39 is 0 Å². The smallest absolute Gasteiger partial charge is 0.102 e. The lowest BCUT2D eigenvalue weighted by atomic mass is 10.1. The third-order valence-electron chi connectivity index (χ3n) is 3.43. The molecule has 0 aliphatic heterocycles. The Morgan fingerprint density at radius 3 is 2.53 bits per heavy atom. The van der Waals surface area contributed by atoms with Gasteiger partial charge in [0.2, 0.25) is 0 Å². The standard InChI is InChI=1S/C16H17N3/c1-3-19-14-6-4-5-13(17)15(14)16(18-19)12-9-7-11(2)8-10-12/h4-10H,3,17H2,1-2H3. The van der Waals surface area contributed by atoms with Crippen molar-refractivity contribution >= 4 is 16.6 Å². The molecule has 0 unspecified atom stereocenters. The van der Waals surface area contributed by atoms with Crippen molar-refractivity contribution in [3.63, 3.8) is 0 Å². The normalized spacial score (nSPS) is 11.1. The van der Waals surface area contributed by atoms with Crippen LogP contribution in [0.1, 0.15) is 12.5 Å². The zero-order valence-electron chi connectivity index (χ0n) is 11.2. The average Bonchev–Trinajstić information content (AvgIpc) is 2.80. The number of aryl methyl sites for hydroxylation is 2. The van der Waals surface area contributed by atoms with Crippen molar-refractivity contribution in [3.8, 4) is 11.3 Å². The minimum Gasteiger partial charge on any atom is -0.398 e. The Kier molecular flexibility index (Phi) is 2.75. The van der Waals surface area contributed by atoms with Crippen LogP contribution in [-0.4, -0.2) is 9.78 Å². The van der Waals surface area contributed by atoms with Crippen LogP contribution in [0.4, 0.5) is 5.69 Å². The summed E-state index contributed by atoms with van der Waals surface area (Å²) in [5.74, 6) is 0. The van der Waals surface area contributed by atoms with Crippen molar-refractivity contribution in [3.05, 3.63) is 48.0 Å². The maximum atomic E-state index is 6.14. The molecule has 19 heavy (non-hydrogen) atoms. The zero-order chi connectivity index (χ0) is 13.4. The second-order valence-corrected chi connectivity index (χ2v) is 4.77. The van der Waals surface area contributed by atoms with E-state index in [9.17, 15) is 0 Å². The molecule has 0 aliphatic carbocycles. The van der Waals surface area contributed by atoms with Crippen LogP contribution in [0.25, 0.3) is 22.2 Å². The lowest BCUT2D eigenvalue weighted by Crippen LogP contribution is -1.95. The number of hydrogen-bond acceptors (Lipinski definition) is 2. The quantitative estimate of drug-likeness (QED) is 0.707. The van der Waals surface area contributed by atoms with Gasteiger partial charge in [0.15, 0.2) is 0 Å². The Morgan fingerprint density at radius 2 is 1.84 bits per heavy atom. The molecule has 2 N–H and O–H groups in total. The summed E-state index contributed by atoms with van der Waals surface area (Å²) in [5.41, 5.74) is 11.3. The minimum absolute atomic E-state index is 0.785. The van der Waals surface area contributed by atoms with Gasteiger partial charge in [0, 0.05) is 17.8 Å². The number of benzene rings is 2. The van der Waals surface area contributed by atoms with Crippen LogP contribution < -0.4 is 5.73 Å². The van der Waals surface area contributed by atoms with Gasteiger partial charge in [0.05, 0.1) is 10.9 Å². The summed E-state index contributed by atoms with van der Waals surface area (Å²) in [7, 11) is 0. The molecule has 96 valence electrons. The van der Waals surface area contributed by atoms with Crippen LogP contribution in [0, 0.1) is 6.92 Å². The number of rotatable bonds is 2. The monoisotopic (exact) mass is 251 g/mol. The van der Waals surface area contributed by atoms with E-state index in [1.54, 1.807) is 0 Å². The highest BCUT2D eigenvalue weighted by atomic mass is 15.3. The molecule has 2 aromatic carbocycles. The lowest BCUT2D eigenvalue weighted by molar-refractivity contribution is 0.686. The summed E-state index contributed by atoms with van der Waals surface area (Å²) in [6.45, 7) is 5.02. The molecule has 0 amide bonds. The van der Waals surface area contributed by atoms with Crippen molar-refractivity contribution in [2.45, 2.75) is 20.4 Å². The summed E-state index contributed by atoms with van der Waals surface area (Å²) in [6.07, 6.45) is 0. The van der Waals surface area contributed by atoms with E-state index in [4.69, 9.17) is 10.8 Å². The maximum absolute atomic E-state index is 6.14. The van der Waals surface area contributed by atoms with E-state index in [1.165, 1.54) is 5.56 Å². The molecule has 0 fully saturated rings. The molecule has 3 aromatic rings. The SMILES string of the molecule is CCn1nc(-c2ccc(C)cc2)c2c(N)cccc21. The number of nitrogen functional groups attached to an aromatic ring is 1. The molecule has 3 nitrogen and oxygen atoms in total. The highest BCUT2D eigenvalue weighted by Gasteiger charge is 2.13. The van der Waals surface area contributed by atoms with E-state index in [1.807, 2.05) is 16.8 Å². The number of aromatic nitrogens is 2. The second kappa shape index (κ2) is 4.43. The first-order chi connectivity index (χ1) is 9.20. The average molecular weight is 251 g/mol. The third kappa shape index (κ3) is 1.87. The van der Waals surface area contributed by atoms with Gasteiger partial charge in [-0.15, -0.1) is 0 Å². The number of nitrogens with zero attached hydrogens (tertiary/aromatic N) is 2. The zero-order valence-corrected chi connectivity index (χ0v) is 11.2. The van der Waals surface area contributed by atoms with Gasteiger partial charge in [-0.3, -0.25) is 4.68 Å². The lowest BCUT2D eigenvalue weighted by Gasteiger charge is -2.01. The summed E-state index contributed by atoms with van der Waals surface area (Å²) in [6, 6.07) is 14.4. The van der Waals surface area contributed by atoms with Crippen molar-refractivity contribution in [1.29, 1.82) is 0 Å². The molecule has 1 aromatic heterocycles. The Morgan fingerprint density at radius 1 is 1.11 bits per heavy atom. The molecule has 0 bridgehead atoms. The van der Waals surface area contributed by atoms with E-state index in [-0.39, 0.29) is 0 Å². The Balaban J connectivity index is 2.32. The molecule has 0 atom stereocenters. The van der Waals surface area contributed by atoms with Crippen LogP contribution in [0.3, 0.4) is 0 Å². The van der Waals surface area contributed by atoms with Gasteiger partial charge in [-0.25, -0.2) is 0 Å². The van der Waals surface area contributed by atoms with Gasteiger partial charge in [-0.2, -0.15) is 5.10 Å². The van der Waals surface area contributed by atoms with Crippen molar-refractivity contribution in [1.82, 2.24) is 9.78 Å². The summed E-state index contributed by atoms with van der Waals surface area (Å²) >= 11 is 0. The van der Waals surface area contributed by atoms with Crippen LogP contribution in [0.5, 0.6) is 0 Å². The second-order valence-electron chi connectivity index (χ2n) is 4.77. The highest BCUT2D eigenvalue weighted by molar-refractivity contribution is 6.01. The first-order valence-electron chi connectivity index (χ1n) is 6.52. The Bertz CT molecular complexity index is 724. The molecule has 3 heteroatoms. The fourth-order valence-electron chi connectivity index (χ4n) is 2.41. The van der Waals surface area contributed by atoms with Crippen molar-refractivity contribution in [2.75, 3.05) is 5.73 Å². The topological polar surface area (TPSA) is 43.8 Å². The van der Waals surface area contributed by atoms with Gasteiger partial charge >= 0.3 is 0 Å². The molecule has 0 saturated heterocycles. The van der Waals surface area contributed by atoms with Crippen LogP contribution in [0.15, 0.2) is 42.5 Å². The highest BCUT2D eigenvalue weighted by Crippen LogP contribution is 2.32. The molecule has 0 spiro atoms. The first kappa shape index (κ1) is 11.8. The van der Waals surface area contributed by atoms with Gasteiger partial charge < -0.3 is 5.73 Å². The molecule has 0 aliphatic rings. The van der Waals surface area contributed by atoms with Crippen LogP contribution in [0.2, 0.25) is 0 Å². The molecule has 0 radical (unpaired) electrons. The van der Waals surface area contributed by atoms with Crippen molar-refractivity contribution < 1.29 is 0 Å². The summed E-state index contributed by atoms with van der Waals surface area (Å²) in [4.78, 5) is 0. The van der Waals surface area contributed by atoms with Crippen LogP contribution in [-0.2, 0) is 6.54 Å².